The quantitative estimate of drug-likeness (QED) is 0.313. The second-order valence-electron chi connectivity index (χ2n) is 3.23. The second kappa shape index (κ2) is 5.45. The summed E-state index contributed by atoms with van der Waals surface area (Å²) in [7, 11) is 0. The van der Waals surface area contributed by atoms with Gasteiger partial charge in [0.15, 0.2) is 0 Å². The summed E-state index contributed by atoms with van der Waals surface area (Å²) < 4.78 is 5.24. The van der Waals surface area contributed by atoms with Crippen molar-refractivity contribution in [3.63, 3.8) is 0 Å². The summed E-state index contributed by atoms with van der Waals surface area (Å²) in [5.74, 6) is 0. The topological polar surface area (TPSA) is 93.8 Å². The number of rotatable bonds is 4. The Kier molecular flexibility index (Phi) is 4.20. The van der Waals surface area contributed by atoms with Crippen LogP contribution >= 0.6 is 0 Å². The summed E-state index contributed by atoms with van der Waals surface area (Å²) in [4.78, 5) is 2.64. The molecule has 1 rings (SSSR count). The van der Waals surface area contributed by atoms with E-state index in [2.05, 4.69) is 21.4 Å². The van der Waals surface area contributed by atoms with E-state index in [4.69, 9.17) is 15.5 Å². The van der Waals surface area contributed by atoms with Gasteiger partial charge < -0.3 is 4.74 Å². The van der Waals surface area contributed by atoms with E-state index in [0.717, 1.165) is 19.4 Å². The molecule has 6 heteroatoms. The van der Waals surface area contributed by atoms with Crippen LogP contribution in [0, 0.1) is 11.3 Å². The molecule has 0 aromatic rings. The minimum atomic E-state index is -0.580. The van der Waals surface area contributed by atoms with Crippen molar-refractivity contribution in [1.82, 2.24) is 5.32 Å². The van der Waals surface area contributed by atoms with Crippen LogP contribution in [0.2, 0.25) is 0 Å². The first kappa shape index (κ1) is 10.8. The molecule has 1 N–H and O–H groups in total. The molecule has 0 aromatic heterocycles. The number of nitrogens with zero attached hydrogens (tertiary/aromatic N) is 4. The number of nitrogens with one attached hydrogen (secondary N) is 1. The summed E-state index contributed by atoms with van der Waals surface area (Å²) >= 11 is 0. The summed E-state index contributed by atoms with van der Waals surface area (Å²) in [5.41, 5.74) is 7.49. The fourth-order valence-corrected chi connectivity index (χ4v) is 1.45. The van der Waals surface area contributed by atoms with Crippen LogP contribution in [-0.4, -0.2) is 31.8 Å². The van der Waals surface area contributed by atoms with Crippen LogP contribution in [0.4, 0.5) is 0 Å². The van der Waals surface area contributed by atoms with E-state index in [1.165, 1.54) is 0 Å². The largest absolute Gasteiger partial charge is 0.378 e. The zero-order chi connectivity index (χ0) is 10.3. The molecule has 0 amide bonds. The van der Waals surface area contributed by atoms with Gasteiger partial charge in [-0.05, 0) is 18.4 Å². The van der Waals surface area contributed by atoms with Crippen LogP contribution < -0.4 is 5.32 Å². The monoisotopic (exact) mass is 195 g/mol. The third-order valence-electron chi connectivity index (χ3n) is 2.19. The Labute approximate surface area is 82.5 Å². The van der Waals surface area contributed by atoms with Gasteiger partial charge in [0.1, 0.15) is 5.54 Å². The molecule has 0 bridgehead atoms. The zero-order valence-corrected chi connectivity index (χ0v) is 7.94. The van der Waals surface area contributed by atoms with E-state index in [9.17, 15) is 0 Å². The molecule has 0 aromatic carbocycles. The zero-order valence-electron chi connectivity index (χ0n) is 7.94. The minimum Gasteiger partial charge on any atom is -0.378 e. The molecule has 1 atom stereocenters. The molecule has 0 aliphatic carbocycles. The molecule has 1 heterocycles. The molecule has 0 radical (unpaired) electrons. The van der Waals surface area contributed by atoms with Crippen molar-refractivity contribution in [1.29, 1.82) is 5.26 Å². The fraction of sp³-hybridized carbons (Fsp3) is 0.875. The molecule has 1 aliphatic heterocycles. The second-order valence-corrected chi connectivity index (χ2v) is 3.23. The number of hydrogen-bond donors (Lipinski definition) is 1. The van der Waals surface area contributed by atoms with E-state index < -0.39 is 5.54 Å². The predicted molar refractivity (Wildman–Crippen MR) is 50.4 cm³/mol. The van der Waals surface area contributed by atoms with E-state index in [-0.39, 0.29) is 0 Å². The molecule has 6 nitrogen and oxygen atoms in total. The Morgan fingerprint density at radius 2 is 2.57 bits per heavy atom. The summed E-state index contributed by atoms with van der Waals surface area (Å²) in [5, 5.41) is 15.5. The van der Waals surface area contributed by atoms with Gasteiger partial charge in [0.2, 0.25) is 0 Å². The molecule has 1 aliphatic rings. The van der Waals surface area contributed by atoms with E-state index in [1.54, 1.807) is 0 Å². The lowest BCUT2D eigenvalue weighted by molar-refractivity contribution is 0.0448. The number of azide groups is 1. The first-order valence-corrected chi connectivity index (χ1v) is 4.58. The minimum absolute atomic E-state index is 0.361. The van der Waals surface area contributed by atoms with Crippen LogP contribution in [-0.2, 0) is 4.74 Å². The van der Waals surface area contributed by atoms with E-state index in [0.29, 0.717) is 19.7 Å². The average molecular weight is 195 g/mol. The van der Waals surface area contributed by atoms with Gasteiger partial charge in [-0.3, -0.25) is 5.32 Å². The average Bonchev–Trinajstić information content (AvgIpc) is 2.26. The summed E-state index contributed by atoms with van der Waals surface area (Å²) in [6, 6.07) is 2.22. The summed E-state index contributed by atoms with van der Waals surface area (Å²) in [6.07, 6.45) is 1.68. The molecule has 1 saturated heterocycles. The number of nitriles is 1. The van der Waals surface area contributed by atoms with Gasteiger partial charge in [-0.25, -0.2) is 0 Å². The van der Waals surface area contributed by atoms with Crippen molar-refractivity contribution in [3.05, 3.63) is 10.4 Å². The maximum Gasteiger partial charge on any atom is 0.130 e. The molecular formula is C8H13N5O. The highest BCUT2D eigenvalue weighted by Gasteiger charge is 2.31. The molecule has 0 saturated carbocycles. The summed E-state index contributed by atoms with van der Waals surface area (Å²) in [6.45, 7) is 2.02. The van der Waals surface area contributed by atoms with Crippen molar-refractivity contribution in [2.75, 3.05) is 26.3 Å². The maximum atomic E-state index is 9.00. The highest BCUT2D eigenvalue weighted by molar-refractivity contribution is 5.08. The third-order valence-corrected chi connectivity index (χ3v) is 2.19. The Morgan fingerprint density at radius 1 is 1.71 bits per heavy atom. The van der Waals surface area contributed by atoms with Crippen LogP contribution in [0.15, 0.2) is 5.11 Å². The smallest absolute Gasteiger partial charge is 0.130 e. The number of ether oxygens (including phenoxy) is 1. The van der Waals surface area contributed by atoms with Gasteiger partial charge in [-0.1, -0.05) is 5.11 Å². The van der Waals surface area contributed by atoms with Gasteiger partial charge >= 0.3 is 0 Å². The van der Waals surface area contributed by atoms with Crippen molar-refractivity contribution >= 4 is 0 Å². The number of hydrogen-bond acceptors (Lipinski definition) is 4. The highest BCUT2D eigenvalue weighted by Crippen LogP contribution is 2.17. The van der Waals surface area contributed by atoms with Crippen molar-refractivity contribution in [2.45, 2.75) is 18.4 Å². The third kappa shape index (κ3) is 2.89. The fourth-order valence-electron chi connectivity index (χ4n) is 1.45. The SMILES string of the molecule is N#CC1(NCCN=[N+]=[N-])CCCOC1. The molecule has 76 valence electrons. The molecule has 1 unspecified atom stereocenters. The van der Waals surface area contributed by atoms with Gasteiger partial charge in [-0.2, -0.15) is 5.26 Å². The van der Waals surface area contributed by atoms with E-state index in [1.807, 2.05) is 0 Å². The lowest BCUT2D eigenvalue weighted by atomic mass is 9.94. The van der Waals surface area contributed by atoms with Crippen LogP contribution in [0.3, 0.4) is 0 Å². The Hall–Kier alpha value is -1.28. The van der Waals surface area contributed by atoms with Gasteiger partial charge in [-0.15, -0.1) is 0 Å². The Morgan fingerprint density at radius 3 is 3.14 bits per heavy atom. The predicted octanol–water partition coefficient (Wildman–Crippen LogP) is 0.959. The highest BCUT2D eigenvalue weighted by atomic mass is 16.5. The van der Waals surface area contributed by atoms with Crippen LogP contribution in [0.1, 0.15) is 12.8 Å². The lowest BCUT2D eigenvalue weighted by Gasteiger charge is -2.31. The van der Waals surface area contributed by atoms with Crippen molar-refractivity contribution < 1.29 is 4.74 Å². The first-order valence-electron chi connectivity index (χ1n) is 4.58. The Balaban J connectivity index is 2.37. The van der Waals surface area contributed by atoms with Gasteiger partial charge in [0.25, 0.3) is 0 Å². The standard InChI is InChI=1S/C8H13N5O/c9-6-8(2-1-5-14-7-8)11-3-4-12-13-10/h11H,1-5,7H2. The maximum absolute atomic E-state index is 9.00. The Bertz CT molecular complexity index is 259. The van der Waals surface area contributed by atoms with E-state index >= 15 is 0 Å². The molecule has 14 heavy (non-hydrogen) atoms. The molecular weight excluding hydrogens is 182 g/mol. The van der Waals surface area contributed by atoms with Crippen molar-refractivity contribution in [2.24, 2.45) is 5.11 Å². The first-order chi connectivity index (χ1) is 6.83. The normalized spacial score (nSPS) is 26.2. The van der Waals surface area contributed by atoms with Gasteiger partial charge in [0, 0.05) is 24.6 Å². The van der Waals surface area contributed by atoms with Crippen LogP contribution in [0.25, 0.3) is 10.4 Å². The molecule has 1 fully saturated rings. The lowest BCUT2D eigenvalue weighted by Crippen LogP contribution is -2.51. The molecule has 0 spiro atoms. The van der Waals surface area contributed by atoms with Gasteiger partial charge in [0.05, 0.1) is 12.7 Å². The van der Waals surface area contributed by atoms with Crippen molar-refractivity contribution in [3.8, 4) is 6.07 Å². The van der Waals surface area contributed by atoms with Crippen LogP contribution in [0.5, 0.6) is 0 Å².